The molecule has 2 N–H and O–H groups in total. The molecule has 0 aliphatic carbocycles. The Kier molecular flexibility index (Phi) is 6.78. The van der Waals surface area contributed by atoms with E-state index in [-0.39, 0.29) is 29.9 Å². The maximum absolute atomic E-state index is 12.4. The van der Waals surface area contributed by atoms with Crippen LogP contribution in [0, 0.1) is 5.92 Å². The number of methoxy groups -OCH3 is 1. The van der Waals surface area contributed by atoms with Crippen molar-refractivity contribution < 1.29 is 19.4 Å². The van der Waals surface area contributed by atoms with Crippen LogP contribution in [0.5, 0.6) is 5.75 Å². The van der Waals surface area contributed by atoms with Crippen LogP contribution in [0.3, 0.4) is 0 Å². The highest BCUT2D eigenvalue weighted by Gasteiger charge is 2.18. The van der Waals surface area contributed by atoms with Crippen molar-refractivity contribution in [3.63, 3.8) is 0 Å². The molecule has 1 unspecified atom stereocenters. The third kappa shape index (κ3) is 5.34. The molecule has 2 rings (SSSR count). The molecule has 1 amide bonds. The van der Waals surface area contributed by atoms with E-state index >= 15 is 0 Å². The zero-order valence-corrected chi connectivity index (χ0v) is 15.4. The molecule has 138 valence electrons. The number of carbonyl (C=O) groups is 2. The third-order valence-corrected chi connectivity index (χ3v) is 4.35. The summed E-state index contributed by atoms with van der Waals surface area (Å²) in [7, 11) is 1.64. The highest BCUT2D eigenvalue weighted by molar-refractivity contribution is 5.87. The Balaban J connectivity index is 2.02. The van der Waals surface area contributed by atoms with Crippen LogP contribution >= 0.6 is 0 Å². The highest BCUT2D eigenvalue weighted by atomic mass is 16.5. The van der Waals surface area contributed by atoms with Gasteiger partial charge >= 0.3 is 5.97 Å². The Morgan fingerprint density at radius 3 is 2.31 bits per heavy atom. The number of ether oxygens (including phenoxy) is 1. The number of nitrogens with one attached hydrogen (secondary N) is 1. The van der Waals surface area contributed by atoms with Gasteiger partial charge in [-0.25, -0.2) is 4.79 Å². The predicted molar refractivity (Wildman–Crippen MR) is 101 cm³/mol. The number of carboxylic acid groups (broad SMARTS) is 1. The zero-order valence-electron chi connectivity index (χ0n) is 15.4. The predicted octanol–water partition coefficient (Wildman–Crippen LogP) is 3.32. The quantitative estimate of drug-likeness (QED) is 0.762. The molecule has 0 radical (unpaired) electrons. The molecular formula is C21H25NO4. The van der Waals surface area contributed by atoms with Crippen molar-refractivity contribution in [3.8, 4) is 5.75 Å². The molecule has 0 heterocycles. The summed E-state index contributed by atoms with van der Waals surface area (Å²) >= 11 is 0. The van der Waals surface area contributed by atoms with Crippen molar-refractivity contribution in [1.82, 2.24) is 5.32 Å². The molecule has 0 spiro atoms. The lowest BCUT2D eigenvalue weighted by molar-refractivity contribution is -0.121. The number of aromatic carboxylic acids is 1. The van der Waals surface area contributed by atoms with Gasteiger partial charge in [0.15, 0.2) is 0 Å². The average Bonchev–Trinajstić information content (AvgIpc) is 2.61. The molecule has 2 aromatic rings. The molecule has 0 fully saturated rings. The number of carbonyl (C=O) groups excluding carboxylic acids is 1. The first-order chi connectivity index (χ1) is 12.4. The summed E-state index contributed by atoms with van der Waals surface area (Å²) in [5.41, 5.74) is 2.05. The molecule has 0 aliphatic rings. The van der Waals surface area contributed by atoms with Gasteiger partial charge in [0.2, 0.25) is 5.91 Å². The minimum Gasteiger partial charge on any atom is -0.496 e. The van der Waals surface area contributed by atoms with Crippen LogP contribution in [0.25, 0.3) is 0 Å². The molecule has 0 bridgehead atoms. The van der Waals surface area contributed by atoms with E-state index in [0.29, 0.717) is 6.42 Å². The van der Waals surface area contributed by atoms with Crippen LogP contribution in [-0.2, 0) is 17.6 Å². The molecule has 5 nitrogen and oxygen atoms in total. The van der Waals surface area contributed by atoms with Crippen molar-refractivity contribution >= 4 is 11.9 Å². The first-order valence-electron chi connectivity index (χ1n) is 8.64. The van der Waals surface area contributed by atoms with Crippen molar-refractivity contribution in [1.29, 1.82) is 0 Å². The van der Waals surface area contributed by atoms with E-state index < -0.39 is 5.97 Å². The van der Waals surface area contributed by atoms with Gasteiger partial charge in [-0.1, -0.05) is 44.2 Å². The van der Waals surface area contributed by atoms with E-state index in [1.165, 1.54) is 12.1 Å². The van der Waals surface area contributed by atoms with Crippen LogP contribution in [0.15, 0.2) is 48.5 Å². The summed E-state index contributed by atoms with van der Waals surface area (Å²) in [6.07, 6.45) is 0.903. The van der Waals surface area contributed by atoms with Crippen molar-refractivity contribution in [2.45, 2.75) is 32.7 Å². The summed E-state index contributed by atoms with van der Waals surface area (Å²) in [6, 6.07) is 14.2. The van der Waals surface area contributed by atoms with Crippen LogP contribution < -0.4 is 10.1 Å². The first kappa shape index (κ1) is 19.5. The van der Waals surface area contributed by atoms with Crippen LogP contribution in [0.1, 0.15) is 35.3 Å². The number of rotatable bonds is 8. The van der Waals surface area contributed by atoms with Gasteiger partial charge in [0.05, 0.1) is 19.1 Å². The fourth-order valence-electron chi connectivity index (χ4n) is 2.77. The van der Waals surface area contributed by atoms with E-state index in [0.717, 1.165) is 16.9 Å². The van der Waals surface area contributed by atoms with E-state index in [1.807, 2.05) is 24.3 Å². The molecule has 0 saturated heterocycles. The number of para-hydroxylation sites is 1. The van der Waals surface area contributed by atoms with E-state index in [2.05, 4.69) is 19.2 Å². The summed E-state index contributed by atoms with van der Waals surface area (Å²) in [6.45, 7) is 4.14. The largest absolute Gasteiger partial charge is 0.496 e. The molecule has 5 heteroatoms. The number of hydrogen-bond acceptors (Lipinski definition) is 3. The standard InChI is InChI=1S/C21H25NO4/c1-14(2)18(13-17-6-4-5-7-19(17)26-3)22-20(23)12-15-8-10-16(11-9-15)21(24)25/h4-11,14,18H,12-13H2,1-3H3,(H,22,23)(H,24,25). The number of carboxylic acids is 1. The van der Waals surface area contributed by atoms with Crippen molar-refractivity contribution in [3.05, 3.63) is 65.2 Å². The van der Waals surface area contributed by atoms with Crippen LogP contribution in [0.4, 0.5) is 0 Å². The second kappa shape index (κ2) is 9.04. The minimum absolute atomic E-state index is 0.0166. The zero-order chi connectivity index (χ0) is 19.1. The van der Waals surface area contributed by atoms with Crippen LogP contribution in [-0.4, -0.2) is 30.1 Å². The summed E-state index contributed by atoms with van der Waals surface area (Å²) in [4.78, 5) is 23.3. The summed E-state index contributed by atoms with van der Waals surface area (Å²) < 4.78 is 5.40. The Labute approximate surface area is 154 Å². The van der Waals surface area contributed by atoms with Gasteiger partial charge in [0, 0.05) is 6.04 Å². The lowest BCUT2D eigenvalue weighted by atomic mass is 9.95. The van der Waals surface area contributed by atoms with Gasteiger partial charge in [-0.15, -0.1) is 0 Å². The van der Waals surface area contributed by atoms with Gasteiger partial charge in [-0.05, 0) is 41.7 Å². The van der Waals surface area contributed by atoms with Gasteiger partial charge in [0.1, 0.15) is 5.75 Å². The second-order valence-corrected chi connectivity index (χ2v) is 6.61. The fourth-order valence-corrected chi connectivity index (χ4v) is 2.77. The topological polar surface area (TPSA) is 75.6 Å². The van der Waals surface area contributed by atoms with Gasteiger partial charge < -0.3 is 15.2 Å². The maximum Gasteiger partial charge on any atom is 0.335 e. The normalized spacial score (nSPS) is 11.8. The van der Waals surface area contributed by atoms with Crippen molar-refractivity contribution in [2.75, 3.05) is 7.11 Å². The van der Waals surface area contributed by atoms with Crippen molar-refractivity contribution in [2.24, 2.45) is 5.92 Å². The Bertz CT molecular complexity index is 753. The fraction of sp³-hybridized carbons (Fsp3) is 0.333. The average molecular weight is 355 g/mol. The lowest BCUT2D eigenvalue weighted by Crippen LogP contribution is -2.41. The molecule has 26 heavy (non-hydrogen) atoms. The summed E-state index contributed by atoms with van der Waals surface area (Å²) in [5, 5.41) is 12.0. The molecular weight excluding hydrogens is 330 g/mol. The van der Waals surface area contributed by atoms with Gasteiger partial charge in [-0.3, -0.25) is 4.79 Å². The van der Waals surface area contributed by atoms with Gasteiger partial charge in [-0.2, -0.15) is 0 Å². The van der Waals surface area contributed by atoms with E-state index in [4.69, 9.17) is 9.84 Å². The summed E-state index contributed by atoms with van der Waals surface area (Å²) in [5.74, 6) is 0.0225. The van der Waals surface area contributed by atoms with Gasteiger partial charge in [0.25, 0.3) is 0 Å². The molecule has 1 atom stereocenters. The third-order valence-electron chi connectivity index (χ3n) is 4.35. The Hall–Kier alpha value is -2.82. The highest BCUT2D eigenvalue weighted by Crippen LogP contribution is 2.21. The first-order valence-corrected chi connectivity index (χ1v) is 8.64. The smallest absolute Gasteiger partial charge is 0.335 e. The maximum atomic E-state index is 12.4. The number of benzene rings is 2. The monoisotopic (exact) mass is 355 g/mol. The molecule has 0 aliphatic heterocycles. The molecule has 0 saturated carbocycles. The number of amides is 1. The molecule has 2 aromatic carbocycles. The SMILES string of the molecule is COc1ccccc1CC(NC(=O)Cc1ccc(C(=O)O)cc1)C(C)C. The second-order valence-electron chi connectivity index (χ2n) is 6.61. The number of hydrogen-bond donors (Lipinski definition) is 2. The lowest BCUT2D eigenvalue weighted by Gasteiger charge is -2.23. The Morgan fingerprint density at radius 1 is 1.08 bits per heavy atom. The Morgan fingerprint density at radius 2 is 1.73 bits per heavy atom. The van der Waals surface area contributed by atoms with Crippen LogP contribution in [0.2, 0.25) is 0 Å². The van der Waals surface area contributed by atoms with E-state index in [1.54, 1.807) is 19.2 Å². The van der Waals surface area contributed by atoms with E-state index in [9.17, 15) is 9.59 Å². The molecule has 0 aromatic heterocycles. The minimum atomic E-state index is -0.974.